The van der Waals surface area contributed by atoms with E-state index in [1.807, 2.05) is 39.8 Å². The summed E-state index contributed by atoms with van der Waals surface area (Å²) in [7, 11) is 0. The minimum atomic E-state index is -1.14. The lowest BCUT2D eigenvalue weighted by Crippen LogP contribution is -2.61. The molecule has 41 heavy (non-hydrogen) atoms. The first kappa shape index (κ1) is 32.2. The third-order valence-corrected chi connectivity index (χ3v) is 7.90. The molecule has 0 aliphatic carbocycles. The summed E-state index contributed by atoms with van der Waals surface area (Å²) in [6.45, 7) is 11.6. The Hall–Kier alpha value is -3.30. The summed E-state index contributed by atoms with van der Waals surface area (Å²) < 4.78 is 5.55. The lowest BCUT2D eigenvalue weighted by Gasteiger charge is -2.51. The Bertz CT molecular complexity index is 1230. The van der Waals surface area contributed by atoms with Crippen molar-refractivity contribution in [2.45, 2.75) is 71.6 Å². The highest BCUT2D eigenvalue weighted by Gasteiger charge is 2.50. The number of hydrogen-bond donors (Lipinski definition) is 4. The number of phenolic OH excluding ortho intramolecular Hbond substituents is 1. The molecule has 2 atom stereocenters. The van der Waals surface area contributed by atoms with Gasteiger partial charge < -0.3 is 30.5 Å². The van der Waals surface area contributed by atoms with Crippen molar-refractivity contribution in [3.05, 3.63) is 64.7 Å². The Kier molecular flexibility index (Phi) is 9.98. The topological polar surface area (TPSA) is 128 Å². The Morgan fingerprint density at radius 2 is 1.68 bits per heavy atom. The SMILES string of the molecule is CC(C)C(NC(=O)NCC(C)(C)OC(=O)Cc1ccc(O)cc1)C(=O)N1CCC(O)(c2ccc(Cl)cc2)C(C)(C)C1. The number of ether oxygens (including phenoxy) is 1. The second kappa shape index (κ2) is 12.7. The van der Waals surface area contributed by atoms with Gasteiger partial charge >= 0.3 is 12.0 Å². The number of nitrogens with one attached hydrogen (secondary N) is 2. The summed E-state index contributed by atoms with van der Waals surface area (Å²) in [5, 5.41) is 27.1. The zero-order valence-corrected chi connectivity index (χ0v) is 25.4. The van der Waals surface area contributed by atoms with E-state index in [1.54, 1.807) is 43.0 Å². The van der Waals surface area contributed by atoms with Gasteiger partial charge in [0.25, 0.3) is 0 Å². The maximum atomic E-state index is 13.6. The Labute approximate surface area is 247 Å². The molecule has 1 heterocycles. The number of piperidine rings is 1. The first-order chi connectivity index (χ1) is 19.0. The number of phenols is 1. The van der Waals surface area contributed by atoms with Crippen LogP contribution in [0, 0.1) is 11.3 Å². The standard InChI is InChI=1S/C31H42ClN3O6/c1-20(2)26(27(38)35-16-15-31(40,29(3,4)19-35)22-9-11-23(32)12-10-22)34-28(39)33-18-30(5,6)41-25(37)17-21-7-13-24(36)14-8-21/h7-14,20,26,36,40H,15-19H2,1-6H3,(H2,33,34,39). The highest BCUT2D eigenvalue weighted by atomic mass is 35.5. The largest absolute Gasteiger partial charge is 0.508 e. The lowest BCUT2D eigenvalue weighted by atomic mass is 9.66. The number of nitrogens with zero attached hydrogens (tertiary/aromatic N) is 1. The van der Waals surface area contributed by atoms with E-state index >= 15 is 0 Å². The first-order valence-electron chi connectivity index (χ1n) is 13.8. The van der Waals surface area contributed by atoms with Crippen LogP contribution in [0.2, 0.25) is 5.02 Å². The van der Waals surface area contributed by atoms with Crippen molar-refractivity contribution in [1.29, 1.82) is 0 Å². The number of carbonyl (C=O) groups is 3. The minimum absolute atomic E-state index is 0.0269. The van der Waals surface area contributed by atoms with Crippen molar-refractivity contribution in [3.63, 3.8) is 0 Å². The monoisotopic (exact) mass is 587 g/mol. The van der Waals surface area contributed by atoms with Crippen molar-refractivity contribution in [2.75, 3.05) is 19.6 Å². The fraction of sp³-hybridized carbons (Fsp3) is 0.516. The summed E-state index contributed by atoms with van der Waals surface area (Å²) in [5.74, 6) is -0.769. The molecule has 0 spiro atoms. The maximum Gasteiger partial charge on any atom is 0.315 e. The predicted molar refractivity (Wildman–Crippen MR) is 157 cm³/mol. The first-order valence-corrected chi connectivity index (χ1v) is 14.2. The van der Waals surface area contributed by atoms with Gasteiger partial charge in [-0.15, -0.1) is 0 Å². The quantitative estimate of drug-likeness (QED) is 0.322. The molecule has 0 saturated carbocycles. The molecular formula is C31H42ClN3O6. The molecule has 1 fully saturated rings. The number of halogens is 1. The van der Waals surface area contributed by atoms with Gasteiger partial charge in [0.2, 0.25) is 5.91 Å². The molecule has 1 saturated heterocycles. The van der Waals surface area contributed by atoms with Crippen LogP contribution in [-0.4, -0.2) is 64.3 Å². The summed E-state index contributed by atoms with van der Waals surface area (Å²) in [5.41, 5.74) is -1.35. The van der Waals surface area contributed by atoms with E-state index in [0.717, 1.165) is 5.56 Å². The molecule has 1 aliphatic rings. The van der Waals surface area contributed by atoms with Gasteiger partial charge in [0, 0.05) is 23.5 Å². The third-order valence-electron chi connectivity index (χ3n) is 7.65. The second-order valence-electron chi connectivity index (χ2n) is 12.4. The highest BCUT2D eigenvalue weighted by Crippen LogP contribution is 2.46. The molecule has 3 amide bonds. The van der Waals surface area contributed by atoms with Crippen LogP contribution in [0.1, 0.15) is 59.1 Å². The van der Waals surface area contributed by atoms with Crippen LogP contribution < -0.4 is 10.6 Å². The van der Waals surface area contributed by atoms with Gasteiger partial charge in [-0.2, -0.15) is 0 Å². The van der Waals surface area contributed by atoms with Crippen LogP contribution in [0.5, 0.6) is 5.75 Å². The summed E-state index contributed by atoms with van der Waals surface area (Å²) in [6.07, 6.45) is 0.368. The van der Waals surface area contributed by atoms with Crippen LogP contribution in [0.25, 0.3) is 0 Å². The van der Waals surface area contributed by atoms with Gasteiger partial charge in [-0.25, -0.2) is 4.79 Å². The van der Waals surface area contributed by atoms with Gasteiger partial charge in [0.05, 0.1) is 18.6 Å². The molecule has 2 unspecified atom stereocenters. The zero-order chi connectivity index (χ0) is 30.6. The summed E-state index contributed by atoms with van der Waals surface area (Å²) in [6, 6.07) is 12.1. The summed E-state index contributed by atoms with van der Waals surface area (Å²) >= 11 is 6.04. The molecule has 3 rings (SSSR count). The molecule has 0 bridgehead atoms. The van der Waals surface area contributed by atoms with Gasteiger partial charge in [0.15, 0.2) is 0 Å². The number of carbonyl (C=O) groups excluding carboxylic acids is 3. The van der Waals surface area contributed by atoms with E-state index in [0.29, 0.717) is 30.1 Å². The fourth-order valence-corrected chi connectivity index (χ4v) is 5.25. The number of aliphatic hydroxyl groups is 1. The summed E-state index contributed by atoms with van der Waals surface area (Å²) in [4.78, 5) is 40.5. The van der Waals surface area contributed by atoms with Gasteiger partial charge in [-0.1, -0.05) is 63.6 Å². The fourth-order valence-electron chi connectivity index (χ4n) is 5.13. The smallest absolute Gasteiger partial charge is 0.315 e. The van der Waals surface area contributed by atoms with Crippen LogP contribution >= 0.6 is 11.6 Å². The van der Waals surface area contributed by atoms with Crippen LogP contribution in [0.15, 0.2) is 48.5 Å². The Morgan fingerprint density at radius 1 is 1.07 bits per heavy atom. The van der Waals surface area contributed by atoms with Gasteiger partial charge in [0.1, 0.15) is 17.4 Å². The second-order valence-corrected chi connectivity index (χ2v) is 12.8. The van der Waals surface area contributed by atoms with Gasteiger partial charge in [-0.3, -0.25) is 9.59 Å². The molecule has 224 valence electrons. The van der Waals surface area contributed by atoms with Crippen molar-refractivity contribution >= 4 is 29.5 Å². The van der Waals surface area contributed by atoms with E-state index in [-0.39, 0.29) is 30.5 Å². The zero-order valence-electron chi connectivity index (χ0n) is 24.7. The predicted octanol–water partition coefficient (Wildman–Crippen LogP) is 4.38. The molecule has 1 aliphatic heterocycles. The minimum Gasteiger partial charge on any atom is -0.508 e. The number of likely N-dealkylation sites (tertiary alicyclic amines) is 1. The molecule has 4 N–H and O–H groups in total. The number of aromatic hydroxyl groups is 1. The number of benzene rings is 2. The molecule has 0 aromatic heterocycles. The number of esters is 1. The van der Waals surface area contributed by atoms with Crippen molar-refractivity contribution < 1.29 is 29.3 Å². The molecular weight excluding hydrogens is 546 g/mol. The number of urea groups is 1. The van der Waals surface area contributed by atoms with Crippen molar-refractivity contribution in [1.82, 2.24) is 15.5 Å². The maximum absolute atomic E-state index is 13.6. The van der Waals surface area contributed by atoms with Crippen LogP contribution in [-0.2, 0) is 26.3 Å². The van der Waals surface area contributed by atoms with E-state index in [4.69, 9.17) is 16.3 Å². The molecule has 2 aromatic carbocycles. The van der Waals surface area contributed by atoms with Crippen LogP contribution in [0.3, 0.4) is 0 Å². The molecule has 10 heteroatoms. The molecule has 0 radical (unpaired) electrons. The van der Waals surface area contributed by atoms with Crippen molar-refractivity contribution in [3.8, 4) is 5.75 Å². The van der Waals surface area contributed by atoms with Crippen molar-refractivity contribution in [2.24, 2.45) is 11.3 Å². The molecule has 2 aromatic rings. The normalized spacial score (nSPS) is 19.4. The lowest BCUT2D eigenvalue weighted by molar-refractivity contribution is -0.155. The third kappa shape index (κ3) is 8.14. The Balaban J connectivity index is 1.57. The average molecular weight is 588 g/mol. The number of hydrogen-bond acceptors (Lipinski definition) is 6. The van der Waals surface area contributed by atoms with E-state index in [9.17, 15) is 24.6 Å². The average Bonchev–Trinajstić information content (AvgIpc) is 2.88. The van der Waals surface area contributed by atoms with E-state index in [2.05, 4.69) is 10.6 Å². The van der Waals surface area contributed by atoms with E-state index in [1.165, 1.54) is 12.1 Å². The highest BCUT2D eigenvalue weighted by molar-refractivity contribution is 6.30. The van der Waals surface area contributed by atoms with Gasteiger partial charge in [-0.05, 0) is 61.6 Å². The Morgan fingerprint density at radius 3 is 2.24 bits per heavy atom. The number of amides is 3. The molecule has 9 nitrogen and oxygen atoms in total. The number of rotatable bonds is 9. The van der Waals surface area contributed by atoms with E-state index < -0.39 is 34.7 Å². The van der Waals surface area contributed by atoms with Crippen LogP contribution in [0.4, 0.5) is 4.79 Å².